The van der Waals surface area contributed by atoms with Crippen LogP contribution in [0.2, 0.25) is 0 Å². The fraction of sp³-hybridized carbons (Fsp3) is 0.167. The number of fused-ring (bicyclic) bond motifs is 1. The molecule has 2 aromatic rings. The van der Waals surface area contributed by atoms with Crippen LogP contribution in [0, 0.1) is 10.1 Å². The van der Waals surface area contributed by atoms with Gasteiger partial charge in [0.05, 0.1) is 4.92 Å². The predicted molar refractivity (Wildman–Crippen MR) is 94.8 cm³/mol. The molecule has 0 bridgehead atoms. The molecule has 0 saturated heterocycles. The number of nitrogens with zero attached hydrogens (tertiary/aromatic N) is 1. The molecule has 0 unspecified atom stereocenters. The largest absolute Gasteiger partial charge is 0.486 e. The van der Waals surface area contributed by atoms with Gasteiger partial charge in [-0.1, -0.05) is 0 Å². The van der Waals surface area contributed by atoms with E-state index in [0.29, 0.717) is 30.4 Å². The maximum Gasteiger partial charge on any atom is 0.387 e. The number of halogens is 2. The van der Waals surface area contributed by atoms with E-state index in [1.165, 1.54) is 0 Å². The van der Waals surface area contributed by atoms with Crippen LogP contribution < -0.4 is 19.5 Å². The first kappa shape index (κ1) is 19.1. The number of nitro benzene ring substituents is 1. The summed E-state index contributed by atoms with van der Waals surface area (Å²) in [6, 6.07) is 7.94. The quantitative estimate of drug-likeness (QED) is 0.458. The highest BCUT2D eigenvalue weighted by atomic mass is 19.3. The number of rotatable bonds is 6. The van der Waals surface area contributed by atoms with E-state index in [9.17, 15) is 23.7 Å². The minimum absolute atomic E-state index is 0.0353. The van der Waals surface area contributed by atoms with Gasteiger partial charge in [-0.3, -0.25) is 14.9 Å². The molecule has 146 valence electrons. The molecule has 1 heterocycles. The third kappa shape index (κ3) is 4.72. The highest BCUT2D eigenvalue weighted by Crippen LogP contribution is 2.32. The molecule has 2 aromatic carbocycles. The standard InChI is InChI=1S/C18H14F2N2O6/c19-18(20)28-14-5-3-13(22(24)25)9-11(14)1-6-17(23)21-12-2-4-15-16(10-12)27-8-7-26-15/h1-6,9-10,18H,7-8H2,(H,21,23). The lowest BCUT2D eigenvalue weighted by Crippen LogP contribution is -2.16. The number of nitrogens with one attached hydrogen (secondary N) is 1. The second kappa shape index (κ2) is 8.33. The summed E-state index contributed by atoms with van der Waals surface area (Å²) in [5, 5.41) is 13.5. The molecule has 0 radical (unpaired) electrons. The van der Waals surface area contributed by atoms with Gasteiger partial charge in [0.25, 0.3) is 5.69 Å². The summed E-state index contributed by atoms with van der Waals surface area (Å²) in [5.41, 5.74) is 0.0716. The Bertz CT molecular complexity index is 932. The van der Waals surface area contributed by atoms with Crippen LogP contribution in [0.25, 0.3) is 6.08 Å². The molecule has 1 aliphatic heterocycles. The summed E-state index contributed by atoms with van der Waals surface area (Å²) in [5.74, 6) is 0.180. The monoisotopic (exact) mass is 392 g/mol. The number of alkyl halides is 2. The Kier molecular flexibility index (Phi) is 5.68. The summed E-state index contributed by atoms with van der Waals surface area (Å²) in [6.45, 7) is -2.28. The molecule has 10 heteroatoms. The van der Waals surface area contributed by atoms with Crippen molar-refractivity contribution in [3.8, 4) is 17.2 Å². The number of ether oxygens (including phenoxy) is 3. The Morgan fingerprint density at radius 2 is 1.93 bits per heavy atom. The van der Waals surface area contributed by atoms with Gasteiger partial charge in [0.15, 0.2) is 11.5 Å². The molecule has 28 heavy (non-hydrogen) atoms. The lowest BCUT2D eigenvalue weighted by molar-refractivity contribution is -0.384. The average Bonchev–Trinajstić information content (AvgIpc) is 2.66. The number of anilines is 1. The van der Waals surface area contributed by atoms with E-state index in [-0.39, 0.29) is 17.0 Å². The molecule has 0 spiro atoms. The lowest BCUT2D eigenvalue weighted by atomic mass is 10.1. The maximum absolute atomic E-state index is 12.5. The molecule has 0 aromatic heterocycles. The molecule has 0 aliphatic carbocycles. The molecular formula is C18H14F2N2O6. The third-order valence-electron chi connectivity index (χ3n) is 3.64. The van der Waals surface area contributed by atoms with Gasteiger partial charge < -0.3 is 19.5 Å². The van der Waals surface area contributed by atoms with E-state index in [1.54, 1.807) is 18.2 Å². The first-order valence-corrected chi connectivity index (χ1v) is 8.04. The van der Waals surface area contributed by atoms with Crippen molar-refractivity contribution in [2.24, 2.45) is 0 Å². The Morgan fingerprint density at radius 3 is 2.64 bits per heavy atom. The first-order chi connectivity index (χ1) is 13.4. The Labute approximate surface area is 157 Å². The minimum atomic E-state index is -3.11. The summed E-state index contributed by atoms with van der Waals surface area (Å²) in [6.07, 6.45) is 2.20. The van der Waals surface area contributed by atoms with Crippen molar-refractivity contribution in [3.63, 3.8) is 0 Å². The number of carbonyl (C=O) groups is 1. The van der Waals surface area contributed by atoms with Gasteiger partial charge in [0, 0.05) is 35.5 Å². The fourth-order valence-corrected chi connectivity index (χ4v) is 2.45. The lowest BCUT2D eigenvalue weighted by Gasteiger charge is -2.18. The van der Waals surface area contributed by atoms with Crippen LogP contribution in [0.4, 0.5) is 20.2 Å². The van der Waals surface area contributed by atoms with E-state index in [1.807, 2.05) is 0 Å². The molecule has 0 fully saturated rings. The Balaban J connectivity index is 1.76. The normalized spacial score (nSPS) is 12.8. The average molecular weight is 392 g/mol. The molecule has 0 atom stereocenters. The molecule has 1 amide bonds. The van der Waals surface area contributed by atoms with Crippen LogP contribution in [-0.4, -0.2) is 30.7 Å². The minimum Gasteiger partial charge on any atom is -0.486 e. The summed E-state index contributed by atoms with van der Waals surface area (Å²) in [4.78, 5) is 22.3. The van der Waals surface area contributed by atoms with E-state index in [4.69, 9.17) is 9.47 Å². The van der Waals surface area contributed by atoms with Crippen molar-refractivity contribution >= 4 is 23.4 Å². The number of carbonyl (C=O) groups excluding carboxylic acids is 1. The van der Waals surface area contributed by atoms with Crippen LogP contribution in [0.15, 0.2) is 42.5 Å². The Hall–Kier alpha value is -3.69. The van der Waals surface area contributed by atoms with Gasteiger partial charge in [0.2, 0.25) is 5.91 Å². The van der Waals surface area contributed by atoms with Crippen LogP contribution >= 0.6 is 0 Å². The zero-order valence-electron chi connectivity index (χ0n) is 14.3. The van der Waals surface area contributed by atoms with Gasteiger partial charge in [-0.25, -0.2) is 0 Å². The maximum atomic E-state index is 12.5. The van der Waals surface area contributed by atoms with Crippen molar-refractivity contribution < 1.29 is 32.7 Å². The topological polar surface area (TPSA) is 99.9 Å². The van der Waals surface area contributed by atoms with Gasteiger partial charge in [-0.05, 0) is 24.3 Å². The summed E-state index contributed by atoms with van der Waals surface area (Å²) < 4.78 is 40.1. The van der Waals surface area contributed by atoms with E-state index >= 15 is 0 Å². The Morgan fingerprint density at radius 1 is 1.18 bits per heavy atom. The van der Waals surface area contributed by atoms with Gasteiger partial charge in [-0.2, -0.15) is 8.78 Å². The zero-order valence-corrected chi connectivity index (χ0v) is 14.3. The second-order valence-electron chi connectivity index (χ2n) is 5.54. The van der Waals surface area contributed by atoms with Gasteiger partial charge >= 0.3 is 6.61 Å². The third-order valence-corrected chi connectivity index (χ3v) is 3.64. The summed E-state index contributed by atoms with van der Waals surface area (Å²) >= 11 is 0. The van der Waals surface area contributed by atoms with Gasteiger partial charge in [0.1, 0.15) is 19.0 Å². The number of hydrogen-bond donors (Lipinski definition) is 1. The van der Waals surface area contributed by atoms with Crippen molar-refractivity contribution in [2.75, 3.05) is 18.5 Å². The van der Waals surface area contributed by atoms with Crippen LogP contribution in [0.1, 0.15) is 5.56 Å². The molecule has 3 rings (SSSR count). The van der Waals surface area contributed by atoms with Crippen LogP contribution in [0.3, 0.4) is 0 Å². The van der Waals surface area contributed by atoms with E-state index in [0.717, 1.165) is 30.4 Å². The summed E-state index contributed by atoms with van der Waals surface area (Å²) in [7, 11) is 0. The molecule has 1 aliphatic rings. The fourth-order valence-electron chi connectivity index (χ4n) is 2.45. The molecular weight excluding hydrogens is 378 g/mol. The van der Waals surface area contributed by atoms with E-state index in [2.05, 4.69) is 10.1 Å². The van der Waals surface area contributed by atoms with Crippen LogP contribution in [-0.2, 0) is 4.79 Å². The number of nitro groups is 1. The number of benzene rings is 2. The van der Waals surface area contributed by atoms with Crippen molar-refractivity contribution in [1.82, 2.24) is 0 Å². The molecule has 8 nitrogen and oxygen atoms in total. The molecule has 1 N–H and O–H groups in total. The van der Waals surface area contributed by atoms with Crippen molar-refractivity contribution in [1.29, 1.82) is 0 Å². The SMILES string of the molecule is O=C(C=Cc1cc([N+](=O)[O-])ccc1OC(F)F)Nc1ccc2c(c1)OCCO2. The van der Waals surface area contributed by atoms with E-state index < -0.39 is 17.4 Å². The first-order valence-electron chi connectivity index (χ1n) is 8.04. The molecule has 0 saturated carbocycles. The smallest absolute Gasteiger partial charge is 0.387 e. The zero-order chi connectivity index (χ0) is 20.1. The highest BCUT2D eigenvalue weighted by Gasteiger charge is 2.14. The second-order valence-corrected chi connectivity index (χ2v) is 5.54. The number of non-ortho nitro benzene ring substituents is 1. The van der Waals surface area contributed by atoms with Crippen molar-refractivity contribution in [2.45, 2.75) is 6.61 Å². The number of hydrogen-bond acceptors (Lipinski definition) is 6. The van der Waals surface area contributed by atoms with Crippen molar-refractivity contribution in [3.05, 3.63) is 58.2 Å². The van der Waals surface area contributed by atoms with Gasteiger partial charge in [-0.15, -0.1) is 0 Å². The van der Waals surface area contributed by atoms with Crippen LogP contribution in [0.5, 0.6) is 17.2 Å². The predicted octanol–water partition coefficient (Wildman–Crippen LogP) is 3.62. The highest BCUT2D eigenvalue weighted by molar-refractivity contribution is 6.02. The number of amides is 1.